The topological polar surface area (TPSA) is 75.2 Å². The quantitative estimate of drug-likeness (QED) is 0.897. The van der Waals surface area contributed by atoms with Crippen LogP contribution in [0.15, 0.2) is 6.07 Å². The number of rotatable bonds is 4. The van der Waals surface area contributed by atoms with E-state index in [0.717, 1.165) is 0 Å². The van der Waals surface area contributed by atoms with Crippen molar-refractivity contribution in [3.05, 3.63) is 21.9 Å². The van der Waals surface area contributed by atoms with Crippen molar-refractivity contribution in [2.75, 3.05) is 20.1 Å². The van der Waals surface area contributed by atoms with Crippen LogP contribution in [0.4, 0.5) is 0 Å². The first-order valence-corrected chi connectivity index (χ1v) is 5.92. The molecule has 0 bridgehead atoms. The normalized spacial score (nSPS) is 10.0. The number of hydrogen-bond donors (Lipinski definition) is 1. The second-order valence-corrected chi connectivity index (χ2v) is 4.21. The summed E-state index contributed by atoms with van der Waals surface area (Å²) in [5.74, 6) is -0.718. The van der Waals surface area contributed by atoms with Gasteiger partial charge < -0.3 is 10.2 Å². The fraction of sp³-hybridized carbons (Fsp3) is 0.400. The second-order valence-electron chi connectivity index (χ2n) is 3.46. The first-order valence-electron chi connectivity index (χ1n) is 5.16. The van der Waals surface area contributed by atoms with Crippen molar-refractivity contribution in [3.63, 3.8) is 0 Å². The van der Waals surface area contributed by atoms with Crippen molar-refractivity contribution in [1.82, 2.24) is 20.4 Å². The van der Waals surface area contributed by atoms with Gasteiger partial charge in [0.15, 0.2) is 10.3 Å². The van der Waals surface area contributed by atoms with Gasteiger partial charge >= 0.3 is 0 Å². The van der Waals surface area contributed by atoms with Crippen LogP contribution in [0, 0.1) is 0 Å². The predicted octanol–water partition coefficient (Wildman–Crippen LogP) is 0.991. The van der Waals surface area contributed by atoms with Gasteiger partial charge in [-0.05, 0) is 13.0 Å². The molecule has 0 fully saturated rings. The summed E-state index contributed by atoms with van der Waals surface area (Å²) in [5.41, 5.74) is 0.0867. The van der Waals surface area contributed by atoms with Crippen LogP contribution in [0.2, 0.25) is 10.3 Å². The van der Waals surface area contributed by atoms with Crippen molar-refractivity contribution >= 4 is 35.0 Å². The van der Waals surface area contributed by atoms with Crippen molar-refractivity contribution in [2.24, 2.45) is 0 Å². The van der Waals surface area contributed by atoms with E-state index in [2.05, 4.69) is 15.5 Å². The van der Waals surface area contributed by atoms with Crippen LogP contribution in [-0.2, 0) is 4.79 Å². The highest BCUT2D eigenvalue weighted by molar-refractivity contribution is 6.34. The summed E-state index contributed by atoms with van der Waals surface area (Å²) in [6, 6.07) is 1.29. The van der Waals surface area contributed by atoms with E-state index in [4.69, 9.17) is 23.2 Å². The lowest BCUT2D eigenvalue weighted by molar-refractivity contribution is -0.128. The lowest BCUT2D eigenvalue weighted by Crippen LogP contribution is -2.38. The smallest absolute Gasteiger partial charge is 0.255 e. The minimum atomic E-state index is -0.519. The van der Waals surface area contributed by atoms with E-state index in [9.17, 15) is 9.59 Å². The zero-order valence-electron chi connectivity index (χ0n) is 9.91. The molecule has 2 amide bonds. The molecule has 1 rings (SSSR count). The van der Waals surface area contributed by atoms with E-state index >= 15 is 0 Å². The third kappa shape index (κ3) is 3.82. The molecule has 98 valence electrons. The third-order valence-electron chi connectivity index (χ3n) is 2.26. The number of likely N-dealkylation sites (N-methyl/N-ethyl adjacent to an activating group) is 1. The Bertz CT molecular complexity index is 467. The lowest BCUT2D eigenvalue weighted by Gasteiger charge is -2.14. The second kappa shape index (κ2) is 6.51. The maximum atomic E-state index is 11.7. The molecule has 0 aliphatic rings. The van der Waals surface area contributed by atoms with Gasteiger partial charge in [-0.2, -0.15) is 0 Å². The summed E-state index contributed by atoms with van der Waals surface area (Å²) in [6.45, 7) is 2.29. The van der Waals surface area contributed by atoms with E-state index < -0.39 is 5.91 Å². The average Bonchev–Trinajstić information content (AvgIpc) is 2.37. The minimum absolute atomic E-state index is 0.0570. The first kappa shape index (κ1) is 14.7. The van der Waals surface area contributed by atoms with Gasteiger partial charge in [0.25, 0.3) is 5.91 Å². The molecule has 0 aliphatic carbocycles. The zero-order chi connectivity index (χ0) is 13.7. The Kier molecular flexibility index (Phi) is 5.30. The Morgan fingerprint density at radius 1 is 1.39 bits per heavy atom. The predicted molar refractivity (Wildman–Crippen MR) is 67.7 cm³/mol. The number of nitrogens with one attached hydrogen (secondary N) is 1. The molecule has 18 heavy (non-hydrogen) atoms. The van der Waals surface area contributed by atoms with Crippen LogP contribution >= 0.6 is 23.2 Å². The molecule has 1 heterocycles. The fourth-order valence-corrected chi connectivity index (χ4v) is 1.40. The maximum Gasteiger partial charge on any atom is 0.255 e. The maximum absolute atomic E-state index is 11.7. The molecule has 1 N–H and O–H groups in total. The Morgan fingerprint density at radius 3 is 2.67 bits per heavy atom. The molecule has 8 heteroatoms. The molecule has 0 atom stereocenters. The van der Waals surface area contributed by atoms with Crippen molar-refractivity contribution < 1.29 is 9.59 Å². The number of carbonyl (C=O) groups excluding carboxylic acids is 2. The van der Waals surface area contributed by atoms with Crippen LogP contribution < -0.4 is 5.32 Å². The van der Waals surface area contributed by atoms with Crippen molar-refractivity contribution in [3.8, 4) is 0 Å². The van der Waals surface area contributed by atoms with Crippen molar-refractivity contribution in [1.29, 1.82) is 0 Å². The molecule has 1 aromatic rings. The summed E-state index contributed by atoms with van der Waals surface area (Å²) in [4.78, 5) is 24.7. The lowest BCUT2D eigenvalue weighted by atomic mass is 10.3. The number of hydrogen-bond acceptors (Lipinski definition) is 4. The fourth-order valence-electron chi connectivity index (χ4n) is 1.07. The monoisotopic (exact) mass is 290 g/mol. The Hall–Kier alpha value is -1.40. The Balaban J connectivity index is 2.66. The van der Waals surface area contributed by atoms with Gasteiger partial charge in [-0.1, -0.05) is 23.2 Å². The molecule has 0 spiro atoms. The molecule has 0 aromatic carbocycles. The molecule has 0 saturated heterocycles. The van der Waals surface area contributed by atoms with Crippen LogP contribution in [0.1, 0.15) is 17.3 Å². The molecule has 0 unspecified atom stereocenters. The van der Waals surface area contributed by atoms with Crippen LogP contribution in [0.5, 0.6) is 0 Å². The molecule has 1 aromatic heterocycles. The average molecular weight is 291 g/mol. The SMILES string of the molecule is CCN(C)C(=O)CNC(=O)c1cc(Cl)nnc1Cl. The van der Waals surface area contributed by atoms with Gasteiger partial charge in [-0.3, -0.25) is 9.59 Å². The number of carbonyl (C=O) groups is 2. The van der Waals surface area contributed by atoms with E-state index in [1.807, 2.05) is 6.92 Å². The van der Waals surface area contributed by atoms with Crippen LogP contribution in [0.3, 0.4) is 0 Å². The van der Waals surface area contributed by atoms with E-state index in [1.54, 1.807) is 7.05 Å². The van der Waals surface area contributed by atoms with Crippen LogP contribution in [0.25, 0.3) is 0 Å². The number of nitrogens with zero attached hydrogens (tertiary/aromatic N) is 3. The Morgan fingerprint density at radius 2 is 2.06 bits per heavy atom. The number of aromatic nitrogens is 2. The largest absolute Gasteiger partial charge is 0.345 e. The Labute approximate surface area is 114 Å². The number of halogens is 2. The number of amides is 2. The molecular formula is C10H12Cl2N4O2. The molecule has 0 saturated carbocycles. The van der Waals surface area contributed by atoms with Crippen molar-refractivity contribution in [2.45, 2.75) is 6.92 Å². The summed E-state index contributed by atoms with van der Waals surface area (Å²) >= 11 is 11.3. The zero-order valence-corrected chi connectivity index (χ0v) is 11.4. The highest BCUT2D eigenvalue weighted by atomic mass is 35.5. The van der Waals surface area contributed by atoms with Gasteiger partial charge in [0.2, 0.25) is 5.91 Å². The van der Waals surface area contributed by atoms with Gasteiger partial charge in [0, 0.05) is 13.6 Å². The summed E-state index contributed by atoms with van der Waals surface area (Å²) < 4.78 is 0. The molecule has 0 aliphatic heterocycles. The summed E-state index contributed by atoms with van der Waals surface area (Å²) in [6.07, 6.45) is 0. The minimum Gasteiger partial charge on any atom is -0.345 e. The molecule has 0 radical (unpaired) electrons. The van der Waals surface area contributed by atoms with E-state index in [0.29, 0.717) is 6.54 Å². The van der Waals surface area contributed by atoms with E-state index in [-0.39, 0.29) is 28.3 Å². The van der Waals surface area contributed by atoms with Gasteiger partial charge in [-0.25, -0.2) is 0 Å². The highest BCUT2D eigenvalue weighted by Crippen LogP contribution is 2.14. The summed E-state index contributed by atoms with van der Waals surface area (Å²) in [7, 11) is 1.65. The highest BCUT2D eigenvalue weighted by Gasteiger charge is 2.15. The van der Waals surface area contributed by atoms with Gasteiger partial charge in [0.05, 0.1) is 12.1 Å². The summed E-state index contributed by atoms with van der Waals surface area (Å²) in [5, 5.41) is 9.43. The van der Waals surface area contributed by atoms with Gasteiger partial charge in [0.1, 0.15) is 0 Å². The first-order chi connectivity index (χ1) is 8.45. The van der Waals surface area contributed by atoms with Gasteiger partial charge in [-0.15, -0.1) is 10.2 Å². The van der Waals surface area contributed by atoms with Crippen LogP contribution in [-0.4, -0.2) is 47.0 Å². The molecule has 6 nitrogen and oxygen atoms in total. The molecular weight excluding hydrogens is 279 g/mol. The third-order valence-corrected chi connectivity index (χ3v) is 2.73. The standard InChI is InChI=1S/C10H12Cl2N4O2/c1-3-16(2)8(17)5-13-10(18)6-4-7(11)14-15-9(6)12/h4H,3,5H2,1-2H3,(H,13,18). The van der Waals surface area contributed by atoms with E-state index in [1.165, 1.54) is 11.0 Å².